The number of hydrogen-bond donors (Lipinski definition) is 1. The number of rotatable bonds is 4. The molecule has 1 aromatic carbocycles. The molecule has 0 radical (unpaired) electrons. The van der Waals surface area contributed by atoms with Gasteiger partial charge in [-0.2, -0.15) is 0 Å². The Balaban J connectivity index is 0.00000220. The van der Waals surface area contributed by atoms with E-state index in [0.29, 0.717) is 6.04 Å². The minimum absolute atomic E-state index is 0. The van der Waals surface area contributed by atoms with Crippen LogP contribution in [0.25, 0.3) is 0 Å². The van der Waals surface area contributed by atoms with Crippen molar-refractivity contribution in [3.63, 3.8) is 0 Å². The Hall–Kier alpha value is -1.10. The van der Waals surface area contributed by atoms with Crippen LogP contribution in [0.3, 0.4) is 0 Å². The van der Waals surface area contributed by atoms with E-state index >= 15 is 0 Å². The molecular formula is C16H25ClN2O2. The molecule has 21 heavy (non-hydrogen) atoms. The maximum atomic E-state index is 12.7. The molecule has 5 heteroatoms. The Bertz CT molecular complexity index is 420. The van der Waals surface area contributed by atoms with Crippen molar-refractivity contribution in [2.45, 2.75) is 31.4 Å². The van der Waals surface area contributed by atoms with Crippen molar-refractivity contribution in [2.24, 2.45) is 0 Å². The number of halogens is 1. The molecule has 118 valence electrons. The van der Waals surface area contributed by atoms with Crippen LogP contribution >= 0.6 is 12.4 Å². The molecule has 1 saturated heterocycles. The van der Waals surface area contributed by atoms with Crippen molar-refractivity contribution >= 4 is 18.3 Å². The summed E-state index contributed by atoms with van der Waals surface area (Å²) < 4.78 is 5.43. The van der Waals surface area contributed by atoms with Crippen LogP contribution in [0.4, 0.5) is 0 Å². The zero-order valence-electron chi connectivity index (χ0n) is 12.7. The molecule has 1 N–H and O–H groups in total. The summed E-state index contributed by atoms with van der Waals surface area (Å²) in [5, 5.41) is 3.38. The molecule has 0 aliphatic carbocycles. The van der Waals surface area contributed by atoms with Gasteiger partial charge in [-0.15, -0.1) is 12.4 Å². The lowest BCUT2D eigenvalue weighted by Gasteiger charge is -2.30. The summed E-state index contributed by atoms with van der Waals surface area (Å²) >= 11 is 0. The predicted octanol–water partition coefficient (Wildman–Crippen LogP) is 2.40. The molecule has 2 unspecified atom stereocenters. The van der Waals surface area contributed by atoms with Gasteiger partial charge in [-0.3, -0.25) is 4.79 Å². The molecule has 1 aromatic rings. The van der Waals surface area contributed by atoms with Gasteiger partial charge in [0.2, 0.25) is 0 Å². The first-order valence-electron chi connectivity index (χ1n) is 7.29. The third-order valence-corrected chi connectivity index (χ3v) is 4.00. The molecule has 1 amide bonds. The molecule has 0 aromatic heterocycles. The van der Waals surface area contributed by atoms with Crippen molar-refractivity contribution in [1.29, 1.82) is 0 Å². The van der Waals surface area contributed by atoms with Crippen molar-refractivity contribution in [2.75, 3.05) is 27.2 Å². The second-order valence-corrected chi connectivity index (χ2v) is 5.31. The lowest BCUT2D eigenvalue weighted by molar-refractivity contribution is -0.143. The smallest absolute Gasteiger partial charge is 0.256 e. The van der Waals surface area contributed by atoms with Gasteiger partial charge in [0.05, 0.1) is 0 Å². The zero-order valence-corrected chi connectivity index (χ0v) is 13.6. The molecule has 0 saturated carbocycles. The largest absolute Gasteiger partial charge is 0.367 e. The number of amides is 1. The van der Waals surface area contributed by atoms with Gasteiger partial charge in [0.15, 0.2) is 6.10 Å². The lowest BCUT2D eigenvalue weighted by Crippen LogP contribution is -2.40. The van der Waals surface area contributed by atoms with Crippen LogP contribution in [0.2, 0.25) is 0 Å². The predicted molar refractivity (Wildman–Crippen MR) is 86.7 cm³/mol. The number of carbonyl (C=O) groups excluding carboxylic acids is 1. The van der Waals surface area contributed by atoms with Crippen LogP contribution in [0.15, 0.2) is 30.3 Å². The number of methoxy groups -OCH3 is 1. The van der Waals surface area contributed by atoms with E-state index in [9.17, 15) is 4.79 Å². The van der Waals surface area contributed by atoms with Crippen LogP contribution in [-0.2, 0) is 9.53 Å². The minimum atomic E-state index is -0.502. The van der Waals surface area contributed by atoms with Gasteiger partial charge in [-0.05, 0) is 37.9 Å². The molecule has 2 atom stereocenters. The summed E-state index contributed by atoms with van der Waals surface area (Å²) in [5.74, 6) is 0.0469. The maximum absolute atomic E-state index is 12.7. The monoisotopic (exact) mass is 312 g/mol. The van der Waals surface area contributed by atoms with E-state index in [1.54, 1.807) is 7.11 Å². The van der Waals surface area contributed by atoms with Crippen molar-refractivity contribution in [3.8, 4) is 0 Å². The fourth-order valence-corrected chi connectivity index (χ4v) is 2.76. The number of likely N-dealkylation sites (N-methyl/N-ethyl adjacent to an activating group) is 1. The van der Waals surface area contributed by atoms with E-state index in [0.717, 1.165) is 37.9 Å². The van der Waals surface area contributed by atoms with Crippen molar-refractivity contribution in [3.05, 3.63) is 35.9 Å². The van der Waals surface area contributed by atoms with Crippen LogP contribution in [0.1, 0.15) is 30.9 Å². The lowest BCUT2D eigenvalue weighted by atomic mass is 10.0. The topological polar surface area (TPSA) is 41.6 Å². The average Bonchev–Trinajstić information content (AvgIpc) is 2.77. The molecule has 0 bridgehead atoms. The Kier molecular flexibility index (Phi) is 7.72. The van der Waals surface area contributed by atoms with Crippen LogP contribution in [-0.4, -0.2) is 44.1 Å². The van der Waals surface area contributed by atoms with Crippen LogP contribution in [0.5, 0.6) is 0 Å². The summed E-state index contributed by atoms with van der Waals surface area (Å²) in [6.07, 6.45) is 2.68. The molecular weight excluding hydrogens is 288 g/mol. The minimum Gasteiger partial charge on any atom is -0.367 e. The fraction of sp³-hybridized carbons (Fsp3) is 0.562. The van der Waals surface area contributed by atoms with Gasteiger partial charge >= 0.3 is 0 Å². The fourth-order valence-electron chi connectivity index (χ4n) is 2.76. The second-order valence-electron chi connectivity index (χ2n) is 5.31. The summed E-state index contributed by atoms with van der Waals surface area (Å²) in [5.41, 5.74) is 0.915. The molecule has 1 aliphatic heterocycles. The third-order valence-electron chi connectivity index (χ3n) is 4.00. The van der Waals surface area contributed by atoms with Gasteiger partial charge in [0.1, 0.15) is 0 Å². The van der Waals surface area contributed by atoms with Gasteiger partial charge in [-0.25, -0.2) is 0 Å². The van der Waals surface area contributed by atoms with Gasteiger partial charge < -0.3 is 15.0 Å². The van der Waals surface area contributed by atoms with E-state index in [1.807, 2.05) is 42.3 Å². The quantitative estimate of drug-likeness (QED) is 0.928. The van der Waals surface area contributed by atoms with E-state index in [1.165, 1.54) is 0 Å². The SMILES string of the molecule is COC(C(=O)N(C)C1CCCNCC1)c1ccccc1.Cl. The summed E-state index contributed by atoms with van der Waals surface area (Å²) in [6, 6.07) is 10.00. The number of nitrogens with zero attached hydrogens (tertiary/aromatic N) is 1. The highest BCUT2D eigenvalue weighted by Gasteiger charge is 2.28. The highest BCUT2D eigenvalue weighted by Crippen LogP contribution is 2.22. The Morgan fingerprint density at radius 2 is 2.00 bits per heavy atom. The standard InChI is InChI=1S/C16H24N2O2.ClH/c1-18(14-9-6-11-17-12-10-14)16(19)15(20-2)13-7-4-3-5-8-13;/h3-5,7-8,14-15,17H,6,9-12H2,1-2H3;1H. The van der Waals surface area contributed by atoms with E-state index < -0.39 is 6.10 Å². The summed E-state index contributed by atoms with van der Waals surface area (Å²) in [4.78, 5) is 14.5. The van der Waals surface area contributed by atoms with Crippen LogP contribution in [0, 0.1) is 0 Å². The van der Waals surface area contributed by atoms with Gasteiger partial charge in [0, 0.05) is 20.2 Å². The molecule has 2 rings (SSSR count). The number of benzene rings is 1. The van der Waals surface area contributed by atoms with E-state index in [-0.39, 0.29) is 18.3 Å². The van der Waals surface area contributed by atoms with E-state index in [4.69, 9.17) is 4.74 Å². The number of ether oxygens (including phenoxy) is 1. The number of carbonyl (C=O) groups is 1. The van der Waals surface area contributed by atoms with Crippen molar-refractivity contribution < 1.29 is 9.53 Å². The maximum Gasteiger partial charge on any atom is 0.256 e. The van der Waals surface area contributed by atoms with Crippen LogP contribution < -0.4 is 5.32 Å². The first-order chi connectivity index (χ1) is 9.74. The summed E-state index contributed by atoms with van der Waals surface area (Å²) in [6.45, 7) is 2.02. The normalized spacial score (nSPS) is 20.0. The summed E-state index contributed by atoms with van der Waals surface area (Å²) in [7, 11) is 3.49. The number of hydrogen-bond acceptors (Lipinski definition) is 3. The Morgan fingerprint density at radius 1 is 1.29 bits per heavy atom. The van der Waals surface area contributed by atoms with Crippen molar-refractivity contribution in [1.82, 2.24) is 10.2 Å². The molecule has 1 fully saturated rings. The first kappa shape index (κ1) is 18.0. The Labute approximate surface area is 133 Å². The molecule has 1 aliphatic rings. The zero-order chi connectivity index (χ0) is 14.4. The first-order valence-corrected chi connectivity index (χ1v) is 7.29. The average molecular weight is 313 g/mol. The highest BCUT2D eigenvalue weighted by molar-refractivity contribution is 5.85. The molecule has 0 spiro atoms. The third kappa shape index (κ3) is 4.70. The van der Waals surface area contributed by atoms with E-state index in [2.05, 4.69) is 5.32 Å². The van der Waals surface area contributed by atoms with Gasteiger partial charge in [-0.1, -0.05) is 30.3 Å². The highest BCUT2D eigenvalue weighted by atomic mass is 35.5. The molecule has 1 heterocycles. The number of nitrogens with one attached hydrogen (secondary N) is 1. The van der Waals surface area contributed by atoms with Gasteiger partial charge in [0.25, 0.3) is 5.91 Å². The molecule has 4 nitrogen and oxygen atoms in total. The Morgan fingerprint density at radius 3 is 2.67 bits per heavy atom. The second kappa shape index (κ2) is 9.03.